The minimum atomic E-state index is -0.274. The van der Waals surface area contributed by atoms with Crippen LogP contribution in [0.3, 0.4) is 0 Å². The standard InChI is InChI=1S/C13H18O4/c1-2-8-10(14-8)5-7(1)12-16-13(17-12)4-3-9-11(6-13)15-9/h7-12H,1-6H2. The summed E-state index contributed by atoms with van der Waals surface area (Å²) < 4.78 is 23.3. The number of fused-ring (bicyclic) bond motifs is 2. The molecule has 94 valence electrons. The normalized spacial score (nSPS) is 63.5. The van der Waals surface area contributed by atoms with Crippen molar-refractivity contribution >= 4 is 0 Å². The van der Waals surface area contributed by atoms with Gasteiger partial charge in [0.15, 0.2) is 12.1 Å². The Morgan fingerprint density at radius 2 is 1.65 bits per heavy atom. The highest BCUT2D eigenvalue weighted by atomic mass is 16.9. The second-order valence-corrected chi connectivity index (χ2v) is 6.26. The molecule has 0 radical (unpaired) electrons. The lowest BCUT2D eigenvalue weighted by atomic mass is 9.86. The zero-order valence-corrected chi connectivity index (χ0v) is 9.84. The molecule has 0 bridgehead atoms. The van der Waals surface area contributed by atoms with E-state index in [1.54, 1.807) is 0 Å². The number of hydrogen-bond donors (Lipinski definition) is 0. The number of hydrogen-bond acceptors (Lipinski definition) is 4. The van der Waals surface area contributed by atoms with Gasteiger partial charge >= 0.3 is 0 Å². The molecule has 4 nitrogen and oxygen atoms in total. The minimum Gasteiger partial charge on any atom is -0.370 e. The van der Waals surface area contributed by atoms with Crippen molar-refractivity contribution in [3.8, 4) is 0 Å². The molecule has 2 aliphatic carbocycles. The van der Waals surface area contributed by atoms with Crippen LogP contribution in [0.5, 0.6) is 0 Å². The molecule has 5 fully saturated rings. The predicted octanol–water partition coefficient (Wildman–Crippen LogP) is 1.57. The summed E-state index contributed by atoms with van der Waals surface area (Å²) in [4.78, 5) is 0. The van der Waals surface area contributed by atoms with E-state index in [0.717, 1.165) is 25.7 Å². The minimum absolute atomic E-state index is 0.0375. The summed E-state index contributed by atoms with van der Waals surface area (Å²) in [5, 5.41) is 0. The van der Waals surface area contributed by atoms with Crippen LogP contribution in [-0.4, -0.2) is 36.5 Å². The first kappa shape index (κ1) is 9.73. The Kier molecular flexibility index (Phi) is 1.74. The summed E-state index contributed by atoms with van der Waals surface area (Å²) in [5.41, 5.74) is 0. The third-order valence-electron chi connectivity index (χ3n) is 5.10. The Morgan fingerprint density at radius 3 is 2.47 bits per heavy atom. The van der Waals surface area contributed by atoms with Crippen LogP contribution in [0.15, 0.2) is 0 Å². The van der Waals surface area contributed by atoms with Crippen molar-refractivity contribution in [1.82, 2.24) is 0 Å². The maximum Gasteiger partial charge on any atom is 0.177 e. The molecule has 5 aliphatic rings. The van der Waals surface area contributed by atoms with E-state index in [4.69, 9.17) is 18.9 Å². The van der Waals surface area contributed by atoms with Gasteiger partial charge in [0.25, 0.3) is 0 Å². The van der Waals surface area contributed by atoms with Gasteiger partial charge < -0.3 is 18.9 Å². The van der Waals surface area contributed by atoms with Gasteiger partial charge in [0.1, 0.15) is 0 Å². The summed E-state index contributed by atoms with van der Waals surface area (Å²) in [6, 6.07) is 0. The van der Waals surface area contributed by atoms with Gasteiger partial charge in [-0.05, 0) is 25.7 Å². The summed E-state index contributed by atoms with van der Waals surface area (Å²) >= 11 is 0. The van der Waals surface area contributed by atoms with E-state index in [9.17, 15) is 0 Å². The molecule has 4 heteroatoms. The van der Waals surface area contributed by atoms with Crippen LogP contribution in [0.25, 0.3) is 0 Å². The average molecular weight is 238 g/mol. The average Bonchev–Trinajstić information content (AvgIpc) is 3.18. The van der Waals surface area contributed by atoms with Crippen molar-refractivity contribution in [2.75, 3.05) is 0 Å². The highest BCUT2D eigenvalue weighted by molar-refractivity contribution is 5.01. The summed E-state index contributed by atoms with van der Waals surface area (Å²) in [6.45, 7) is 0. The van der Waals surface area contributed by atoms with Crippen molar-refractivity contribution in [2.45, 2.75) is 75.0 Å². The van der Waals surface area contributed by atoms with Gasteiger partial charge in [-0.1, -0.05) is 0 Å². The Morgan fingerprint density at radius 1 is 0.824 bits per heavy atom. The topological polar surface area (TPSA) is 43.5 Å². The lowest BCUT2D eigenvalue weighted by molar-refractivity contribution is -0.471. The van der Waals surface area contributed by atoms with E-state index in [1.807, 2.05) is 0 Å². The highest BCUT2D eigenvalue weighted by Gasteiger charge is 2.60. The third-order valence-corrected chi connectivity index (χ3v) is 5.10. The van der Waals surface area contributed by atoms with Crippen LogP contribution in [0.4, 0.5) is 0 Å². The van der Waals surface area contributed by atoms with Gasteiger partial charge in [-0.3, -0.25) is 0 Å². The molecule has 0 aromatic heterocycles. The molecule has 5 unspecified atom stereocenters. The van der Waals surface area contributed by atoms with E-state index in [-0.39, 0.29) is 12.1 Å². The molecule has 5 rings (SSSR count). The fraction of sp³-hybridized carbons (Fsp3) is 1.00. The van der Waals surface area contributed by atoms with Gasteiger partial charge in [0.05, 0.1) is 24.4 Å². The SMILES string of the molecule is C1CC2OC2CC1C1OC2(CCC3OC3C2)O1. The van der Waals surface area contributed by atoms with Crippen molar-refractivity contribution in [1.29, 1.82) is 0 Å². The first-order valence-electron chi connectivity index (χ1n) is 6.98. The monoisotopic (exact) mass is 238 g/mol. The molecule has 0 N–H and O–H groups in total. The lowest BCUT2D eigenvalue weighted by Gasteiger charge is -2.51. The van der Waals surface area contributed by atoms with E-state index >= 15 is 0 Å². The molecule has 0 aromatic rings. The van der Waals surface area contributed by atoms with E-state index < -0.39 is 0 Å². The Balaban J connectivity index is 1.22. The molecule has 0 amide bonds. The van der Waals surface area contributed by atoms with Crippen LogP contribution in [0, 0.1) is 5.92 Å². The first-order valence-corrected chi connectivity index (χ1v) is 6.98. The Labute approximate surface area is 101 Å². The maximum atomic E-state index is 6.11. The summed E-state index contributed by atoms with van der Waals surface area (Å²) in [5.74, 6) is 0.283. The number of ether oxygens (including phenoxy) is 4. The Bertz CT molecular complexity index is 351. The highest BCUT2D eigenvalue weighted by Crippen LogP contribution is 2.52. The largest absolute Gasteiger partial charge is 0.370 e. The van der Waals surface area contributed by atoms with E-state index in [2.05, 4.69) is 0 Å². The van der Waals surface area contributed by atoms with Crippen LogP contribution < -0.4 is 0 Å². The fourth-order valence-electron chi connectivity index (χ4n) is 3.90. The summed E-state index contributed by atoms with van der Waals surface area (Å²) in [6.07, 6.45) is 8.65. The smallest absolute Gasteiger partial charge is 0.177 e. The van der Waals surface area contributed by atoms with Crippen molar-refractivity contribution in [3.63, 3.8) is 0 Å². The maximum absolute atomic E-state index is 6.11. The first-order chi connectivity index (χ1) is 8.31. The van der Waals surface area contributed by atoms with Gasteiger partial charge in [-0.25, -0.2) is 0 Å². The molecular weight excluding hydrogens is 220 g/mol. The fourth-order valence-corrected chi connectivity index (χ4v) is 3.90. The molecule has 17 heavy (non-hydrogen) atoms. The second-order valence-electron chi connectivity index (χ2n) is 6.26. The Hall–Kier alpha value is -0.160. The zero-order valence-electron chi connectivity index (χ0n) is 9.84. The van der Waals surface area contributed by atoms with Crippen LogP contribution in [0.2, 0.25) is 0 Å². The molecule has 2 saturated carbocycles. The molecule has 3 saturated heterocycles. The van der Waals surface area contributed by atoms with Crippen molar-refractivity contribution in [2.24, 2.45) is 5.92 Å². The third kappa shape index (κ3) is 1.44. The van der Waals surface area contributed by atoms with Crippen molar-refractivity contribution in [3.05, 3.63) is 0 Å². The van der Waals surface area contributed by atoms with Crippen LogP contribution in [0.1, 0.15) is 38.5 Å². The van der Waals surface area contributed by atoms with E-state index in [1.165, 1.54) is 12.8 Å². The molecule has 5 atom stereocenters. The zero-order chi connectivity index (χ0) is 11.0. The van der Waals surface area contributed by atoms with Crippen molar-refractivity contribution < 1.29 is 18.9 Å². The van der Waals surface area contributed by atoms with E-state index in [0.29, 0.717) is 30.3 Å². The predicted molar refractivity (Wildman–Crippen MR) is 57.2 cm³/mol. The molecule has 3 heterocycles. The van der Waals surface area contributed by atoms with Gasteiger partial charge in [0.2, 0.25) is 0 Å². The molecule has 0 aromatic carbocycles. The second kappa shape index (κ2) is 3.05. The number of rotatable bonds is 1. The molecule has 3 aliphatic heterocycles. The van der Waals surface area contributed by atoms with Gasteiger partial charge in [0, 0.05) is 18.8 Å². The van der Waals surface area contributed by atoms with Crippen LogP contribution >= 0.6 is 0 Å². The lowest BCUT2D eigenvalue weighted by Crippen LogP contribution is -2.58. The summed E-state index contributed by atoms with van der Waals surface area (Å²) in [7, 11) is 0. The van der Waals surface area contributed by atoms with Crippen LogP contribution in [-0.2, 0) is 18.9 Å². The molecular formula is C13H18O4. The molecule has 1 spiro atoms. The quantitative estimate of drug-likeness (QED) is 0.650. The number of epoxide rings is 2. The van der Waals surface area contributed by atoms with Gasteiger partial charge in [-0.15, -0.1) is 0 Å². The van der Waals surface area contributed by atoms with Gasteiger partial charge in [-0.2, -0.15) is 0 Å².